The third kappa shape index (κ3) is 4.99. The van der Waals surface area contributed by atoms with Crippen molar-refractivity contribution < 1.29 is 4.48 Å². The Morgan fingerprint density at radius 3 is 1.79 bits per heavy atom. The first-order chi connectivity index (χ1) is 6.31. The fourth-order valence-electron chi connectivity index (χ4n) is 1.50. The number of hydrogen-bond acceptors (Lipinski definition) is 0. The maximum atomic E-state index is 2.38. The molecule has 0 N–H and O–H groups in total. The van der Waals surface area contributed by atoms with Gasteiger partial charge in [0.1, 0.15) is 0 Å². The molecule has 0 aliphatic carbocycles. The average molecular weight is 200 g/mol. The van der Waals surface area contributed by atoms with Crippen LogP contribution in [-0.2, 0) is 0 Å². The average Bonchev–Trinajstić information content (AvgIpc) is 2.02. The van der Waals surface area contributed by atoms with Crippen LogP contribution in [0.1, 0.15) is 59.3 Å². The van der Waals surface area contributed by atoms with Crippen LogP contribution < -0.4 is 0 Å². The van der Waals surface area contributed by atoms with Crippen LogP contribution >= 0.6 is 0 Å². The van der Waals surface area contributed by atoms with Crippen molar-refractivity contribution in [2.75, 3.05) is 21.1 Å². The van der Waals surface area contributed by atoms with Crippen LogP contribution in [0.25, 0.3) is 0 Å². The van der Waals surface area contributed by atoms with Crippen LogP contribution in [0.5, 0.6) is 0 Å². The Balaban J connectivity index is 3.67. The molecule has 0 unspecified atom stereocenters. The molecule has 0 saturated carbocycles. The van der Waals surface area contributed by atoms with Crippen LogP contribution in [0.15, 0.2) is 0 Å². The number of rotatable bonds is 7. The molecule has 0 atom stereocenters. The minimum atomic E-state index is 0.423. The Morgan fingerprint density at radius 1 is 0.857 bits per heavy atom. The molecule has 0 aromatic carbocycles. The molecule has 0 aliphatic heterocycles. The van der Waals surface area contributed by atoms with Crippen LogP contribution in [0, 0.1) is 0 Å². The van der Waals surface area contributed by atoms with Crippen molar-refractivity contribution in [3.8, 4) is 0 Å². The van der Waals surface area contributed by atoms with E-state index in [1.165, 1.54) is 38.5 Å². The minimum absolute atomic E-state index is 0.423. The van der Waals surface area contributed by atoms with E-state index in [1.54, 1.807) is 0 Å². The number of quaternary nitrogens is 1. The van der Waals surface area contributed by atoms with Gasteiger partial charge in [0.05, 0.1) is 26.7 Å². The molecular formula is C13H30N+. The van der Waals surface area contributed by atoms with Crippen molar-refractivity contribution in [3.05, 3.63) is 0 Å². The Bertz CT molecular complexity index is 142. The fourth-order valence-corrected chi connectivity index (χ4v) is 1.50. The summed E-state index contributed by atoms with van der Waals surface area (Å²) in [6.07, 6.45) is 8.33. The topological polar surface area (TPSA) is 0 Å². The zero-order valence-electron chi connectivity index (χ0n) is 11.2. The first-order valence-electron chi connectivity index (χ1n) is 6.13. The molecule has 0 heterocycles. The van der Waals surface area contributed by atoms with Gasteiger partial charge in [-0.05, 0) is 20.3 Å². The van der Waals surface area contributed by atoms with Crippen molar-refractivity contribution in [3.63, 3.8) is 0 Å². The second-order valence-electron chi connectivity index (χ2n) is 5.99. The fraction of sp³-hybridized carbons (Fsp3) is 1.00. The highest BCUT2D eigenvalue weighted by Crippen LogP contribution is 2.24. The van der Waals surface area contributed by atoms with Gasteiger partial charge in [-0.1, -0.05) is 32.6 Å². The Hall–Kier alpha value is -0.0400. The van der Waals surface area contributed by atoms with E-state index in [0.29, 0.717) is 5.54 Å². The summed E-state index contributed by atoms with van der Waals surface area (Å²) in [7, 11) is 6.89. The van der Waals surface area contributed by atoms with E-state index >= 15 is 0 Å². The van der Waals surface area contributed by atoms with Crippen LogP contribution in [0.3, 0.4) is 0 Å². The van der Waals surface area contributed by atoms with E-state index in [1.807, 2.05) is 0 Å². The van der Waals surface area contributed by atoms with Crippen LogP contribution in [0.2, 0.25) is 0 Å². The van der Waals surface area contributed by atoms with Gasteiger partial charge in [0.25, 0.3) is 0 Å². The molecule has 86 valence electrons. The van der Waals surface area contributed by atoms with Gasteiger partial charge in [0.15, 0.2) is 0 Å². The predicted octanol–water partition coefficient (Wildman–Crippen LogP) is 3.83. The molecule has 1 nitrogen and oxygen atoms in total. The van der Waals surface area contributed by atoms with E-state index in [2.05, 4.69) is 41.9 Å². The highest BCUT2D eigenvalue weighted by atomic mass is 15.3. The lowest BCUT2D eigenvalue weighted by atomic mass is 9.93. The third-order valence-corrected chi connectivity index (χ3v) is 3.71. The largest absolute Gasteiger partial charge is 0.327 e. The Kier molecular flexibility index (Phi) is 5.73. The summed E-state index contributed by atoms with van der Waals surface area (Å²) >= 11 is 0. The molecule has 0 aliphatic rings. The Labute approximate surface area is 91.1 Å². The van der Waals surface area contributed by atoms with Gasteiger partial charge >= 0.3 is 0 Å². The predicted molar refractivity (Wildman–Crippen MR) is 65.5 cm³/mol. The zero-order chi connectivity index (χ0) is 11.2. The molecular weight excluding hydrogens is 170 g/mol. The normalized spacial score (nSPS) is 13.3. The molecule has 0 spiro atoms. The maximum Gasteiger partial charge on any atom is 0.0929 e. The summed E-state index contributed by atoms with van der Waals surface area (Å²) < 4.78 is 1.07. The van der Waals surface area contributed by atoms with Crippen molar-refractivity contribution in [2.24, 2.45) is 0 Å². The summed E-state index contributed by atoms with van der Waals surface area (Å²) in [5.41, 5.74) is 0.423. The second kappa shape index (κ2) is 5.75. The maximum absolute atomic E-state index is 2.38. The summed E-state index contributed by atoms with van der Waals surface area (Å²) in [5, 5.41) is 0. The molecule has 0 radical (unpaired) electrons. The molecule has 0 aromatic rings. The lowest BCUT2D eigenvalue weighted by molar-refractivity contribution is -0.920. The van der Waals surface area contributed by atoms with Gasteiger partial charge in [-0.2, -0.15) is 0 Å². The third-order valence-electron chi connectivity index (χ3n) is 3.71. The lowest BCUT2D eigenvalue weighted by Crippen LogP contribution is -2.52. The first-order valence-corrected chi connectivity index (χ1v) is 6.13. The molecule has 0 amide bonds. The minimum Gasteiger partial charge on any atom is -0.327 e. The Morgan fingerprint density at radius 2 is 1.36 bits per heavy atom. The van der Waals surface area contributed by atoms with E-state index in [-0.39, 0.29) is 0 Å². The highest BCUT2D eigenvalue weighted by molar-refractivity contribution is 4.68. The van der Waals surface area contributed by atoms with E-state index < -0.39 is 0 Å². The molecule has 0 aromatic heterocycles. The number of unbranched alkanes of at least 4 members (excludes halogenated alkanes) is 4. The second-order valence-corrected chi connectivity index (χ2v) is 5.99. The molecule has 1 heteroatoms. The first kappa shape index (κ1) is 14.0. The number of nitrogens with zero attached hydrogens (tertiary/aromatic N) is 1. The summed E-state index contributed by atoms with van der Waals surface area (Å²) in [4.78, 5) is 0. The van der Waals surface area contributed by atoms with Crippen LogP contribution in [0.4, 0.5) is 0 Å². The molecule has 0 rings (SSSR count). The van der Waals surface area contributed by atoms with Crippen molar-refractivity contribution >= 4 is 0 Å². The zero-order valence-corrected chi connectivity index (χ0v) is 11.2. The lowest BCUT2D eigenvalue weighted by Gasteiger charge is -2.41. The van der Waals surface area contributed by atoms with Gasteiger partial charge in [-0.25, -0.2) is 0 Å². The van der Waals surface area contributed by atoms with E-state index in [4.69, 9.17) is 0 Å². The van der Waals surface area contributed by atoms with E-state index in [9.17, 15) is 0 Å². The van der Waals surface area contributed by atoms with Gasteiger partial charge < -0.3 is 4.48 Å². The van der Waals surface area contributed by atoms with Crippen molar-refractivity contribution in [1.82, 2.24) is 0 Å². The SMILES string of the molecule is CCCCCCCC(C)(C)[N+](C)(C)C. The molecule has 14 heavy (non-hydrogen) atoms. The molecule has 0 saturated heterocycles. The summed E-state index contributed by atoms with van der Waals surface area (Å²) in [6, 6.07) is 0. The smallest absolute Gasteiger partial charge is 0.0929 e. The monoisotopic (exact) mass is 200 g/mol. The van der Waals surface area contributed by atoms with Gasteiger partial charge in [-0.3, -0.25) is 0 Å². The standard InChI is InChI=1S/C13H30N/c1-7-8-9-10-11-12-13(2,3)14(4,5)6/h7-12H2,1-6H3/q+1. The van der Waals surface area contributed by atoms with Gasteiger partial charge in [0, 0.05) is 6.42 Å². The molecule has 0 fully saturated rings. The quantitative estimate of drug-likeness (QED) is 0.433. The summed E-state index contributed by atoms with van der Waals surface area (Å²) in [5.74, 6) is 0. The summed E-state index contributed by atoms with van der Waals surface area (Å²) in [6.45, 7) is 7.04. The number of hydrogen-bond donors (Lipinski definition) is 0. The van der Waals surface area contributed by atoms with Crippen molar-refractivity contribution in [1.29, 1.82) is 0 Å². The van der Waals surface area contributed by atoms with Gasteiger partial charge in [-0.15, -0.1) is 0 Å². The van der Waals surface area contributed by atoms with Crippen LogP contribution in [-0.4, -0.2) is 31.2 Å². The van der Waals surface area contributed by atoms with Gasteiger partial charge in [0.2, 0.25) is 0 Å². The van der Waals surface area contributed by atoms with E-state index in [0.717, 1.165) is 4.48 Å². The van der Waals surface area contributed by atoms with Crippen molar-refractivity contribution in [2.45, 2.75) is 64.8 Å². The highest BCUT2D eigenvalue weighted by Gasteiger charge is 2.31. The molecule has 0 bridgehead atoms.